The van der Waals surface area contributed by atoms with Crippen LogP contribution in [0.25, 0.3) is 0 Å². The number of thiophene rings is 1. The lowest BCUT2D eigenvalue weighted by Gasteiger charge is -2.14. The molecule has 0 saturated heterocycles. The van der Waals surface area contributed by atoms with Gasteiger partial charge in [-0.2, -0.15) is 27.8 Å². The molecule has 0 fully saturated rings. The van der Waals surface area contributed by atoms with Crippen LogP contribution in [0.3, 0.4) is 0 Å². The van der Waals surface area contributed by atoms with Crippen molar-refractivity contribution in [2.45, 2.75) is 23.6 Å². The number of nitrogens with one attached hydrogen (secondary N) is 2. The van der Waals surface area contributed by atoms with Gasteiger partial charge >= 0.3 is 0 Å². The minimum Gasteiger partial charge on any atom is -0.497 e. The molecular formula is C17H22N2O4S3. The van der Waals surface area contributed by atoms with Crippen molar-refractivity contribution in [2.24, 2.45) is 0 Å². The summed E-state index contributed by atoms with van der Waals surface area (Å²) in [5.74, 6) is 1.88. The summed E-state index contributed by atoms with van der Waals surface area (Å²) in [4.78, 5) is 12.2. The number of amides is 1. The van der Waals surface area contributed by atoms with E-state index in [0.29, 0.717) is 12.3 Å². The third-order valence-electron chi connectivity index (χ3n) is 3.49. The van der Waals surface area contributed by atoms with E-state index in [4.69, 9.17) is 4.74 Å². The fourth-order valence-corrected chi connectivity index (χ4v) is 4.86. The molecule has 1 amide bonds. The quantitative estimate of drug-likeness (QED) is 0.584. The van der Waals surface area contributed by atoms with Gasteiger partial charge in [-0.3, -0.25) is 4.79 Å². The molecule has 0 unspecified atom stereocenters. The summed E-state index contributed by atoms with van der Waals surface area (Å²) in [5, 5.41) is 6.89. The van der Waals surface area contributed by atoms with E-state index in [2.05, 4.69) is 21.5 Å². The van der Waals surface area contributed by atoms with Crippen LogP contribution >= 0.6 is 23.1 Å². The lowest BCUT2D eigenvalue weighted by atomic mass is 10.3. The lowest BCUT2D eigenvalue weighted by molar-refractivity contribution is -0.122. The Labute approximate surface area is 162 Å². The number of carbonyl (C=O) groups is 1. The van der Waals surface area contributed by atoms with Crippen LogP contribution in [0.1, 0.15) is 12.5 Å². The fraction of sp³-hybridized carbons (Fsp3) is 0.353. The Bertz CT molecular complexity index is 790. The van der Waals surface area contributed by atoms with E-state index in [0.717, 1.165) is 11.5 Å². The molecule has 26 heavy (non-hydrogen) atoms. The maximum atomic E-state index is 12.3. The number of hydrogen-bond donors (Lipinski definition) is 2. The topological polar surface area (TPSA) is 84.5 Å². The predicted molar refractivity (Wildman–Crippen MR) is 106 cm³/mol. The van der Waals surface area contributed by atoms with Gasteiger partial charge in [-0.05, 0) is 53.6 Å². The summed E-state index contributed by atoms with van der Waals surface area (Å²) >= 11 is 3.38. The smallest absolute Gasteiger partial charge is 0.241 e. The summed E-state index contributed by atoms with van der Waals surface area (Å²) in [7, 11) is -2.26. The second-order valence-electron chi connectivity index (χ2n) is 5.49. The minimum absolute atomic E-state index is 0.0873. The normalized spacial score (nSPS) is 12.5. The van der Waals surface area contributed by atoms with Crippen molar-refractivity contribution >= 4 is 39.0 Å². The number of sulfonamides is 1. The number of rotatable bonds is 10. The van der Waals surface area contributed by atoms with Gasteiger partial charge in [-0.15, -0.1) is 0 Å². The average molecular weight is 415 g/mol. The van der Waals surface area contributed by atoms with Gasteiger partial charge < -0.3 is 10.1 Å². The minimum atomic E-state index is -3.76. The Kier molecular flexibility index (Phi) is 7.95. The molecule has 0 radical (unpaired) electrons. The van der Waals surface area contributed by atoms with E-state index in [9.17, 15) is 13.2 Å². The van der Waals surface area contributed by atoms with E-state index in [-0.39, 0.29) is 10.8 Å². The van der Waals surface area contributed by atoms with Gasteiger partial charge in [0, 0.05) is 18.1 Å². The second-order valence-corrected chi connectivity index (χ2v) is 9.09. The number of thioether (sulfide) groups is 1. The highest BCUT2D eigenvalue weighted by Crippen LogP contribution is 2.16. The largest absolute Gasteiger partial charge is 0.497 e. The molecule has 0 saturated carbocycles. The van der Waals surface area contributed by atoms with E-state index in [1.807, 2.05) is 5.38 Å². The number of methoxy groups -OCH3 is 1. The Morgan fingerprint density at radius 1 is 1.27 bits per heavy atom. The van der Waals surface area contributed by atoms with Gasteiger partial charge in [0.2, 0.25) is 15.9 Å². The molecule has 1 aromatic carbocycles. The van der Waals surface area contributed by atoms with Gasteiger partial charge in [0.15, 0.2) is 0 Å². The van der Waals surface area contributed by atoms with Crippen LogP contribution < -0.4 is 14.8 Å². The molecule has 0 spiro atoms. The van der Waals surface area contributed by atoms with Crippen molar-refractivity contribution in [1.82, 2.24) is 10.0 Å². The zero-order valence-electron chi connectivity index (χ0n) is 14.6. The monoisotopic (exact) mass is 414 g/mol. The second kappa shape index (κ2) is 9.96. The van der Waals surface area contributed by atoms with Crippen molar-refractivity contribution in [3.8, 4) is 5.75 Å². The first kappa shape index (κ1) is 20.8. The Balaban J connectivity index is 1.76. The van der Waals surface area contributed by atoms with Crippen LogP contribution in [0.5, 0.6) is 5.75 Å². The van der Waals surface area contributed by atoms with Gasteiger partial charge in [0.25, 0.3) is 0 Å². The zero-order valence-corrected chi connectivity index (χ0v) is 17.0. The molecule has 2 N–H and O–H groups in total. The van der Waals surface area contributed by atoms with Gasteiger partial charge in [0.05, 0.1) is 18.0 Å². The van der Waals surface area contributed by atoms with Crippen molar-refractivity contribution in [3.05, 3.63) is 46.7 Å². The average Bonchev–Trinajstić information content (AvgIpc) is 3.14. The molecule has 1 heterocycles. The fourth-order valence-electron chi connectivity index (χ4n) is 2.07. The molecule has 0 aliphatic rings. The summed E-state index contributed by atoms with van der Waals surface area (Å²) in [6.45, 7) is 2.01. The van der Waals surface area contributed by atoms with Crippen molar-refractivity contribution < 1.29 is 17.9 Å². The van der Waals surface area contributed by atoms with Crippen molar-refractivity contribution in [1.29, 1.82) is 0 Å². The number of ether oxygens (including phenoxy) is 1. The van der Waals surface area contributed by atoms with Crippen molar-refractivity contribution in [3.63, 3.8) is 0 Å². The zero-order chi connectivity index (χ0) is 19.0. The molecule has 142 valence electrons. The molecule has 1 atom stereocenters. The molecule has 0 aliphatic carbocycles. The molecule has 0 bridgehead atoms. The number of hydrogen-bond acceptors (Lipinski definition) is 6. The highest BCUT2D eigenvalue weighted by atomic mass is 32.2. The third-order valence-corrected chi connectivity index (χ3v) is 6.81. The summed E-state index contributed by atoms with van der Waals surface area (Å²) in [6, 6.07) is 7.21. The van der Waals surface area contributed by atoms with Crippen LogP contribution in [0.15, 0.2) is 46.0 Å². The Morgan fingerprint density at radius 3 is 2.62 bits per heavy atom. The predicted octanol–water partition coefficient (Wildman–Crippen LogP) is 2.47. The number of benzene rings is 1. The Hall–Kier alpha value is -1.55. The van der Waals surface area contributed by atoms with Gasteiger partial charge in [-0.1, -0.05) is 0 Å². The molecule has 6 nitrogen and oxygen atoms in total. The first-order valence-corrected chi connectivity index (χ1v) is 11.5. The Morgan fingerprint density at radius 2 is 2.00 bits per heavy atom. The van der Waals surface area contributed by atoms with Gasteiger partial charge in [0.1, 0.15) is 5.75 Å². The molecule has 2 aromatic rings. The van der Waals surface area contributed by atoms with E-state index < -0.39 is 16.1 Å². The molecule has 0 aliphatic heterocycles. The van der Waals surface area contributed by atoms with E-state index in [1.54, 1.807) is 35.2 Å². The van der Waals surface area contributed by atoms with Crippen molar-refractivity contribution in [2.75, 3.05) is 19.4 Å². The summed E-state index contributed by atoms with van der Waals surface area (Å²) in [6.07, 6.45) is 0. The lowest BCUT2D eigenvalue weighted by Crippen LogP contribution is -2.45. The summed E-state index contributed by atoms with van der Waals surface area (Å²) in [5.41, 5.74) is 1.27. The molecule has 1 aromatic heterocycles. The highest BCUT2D eigenvalue weighted by Gasteiger charge is 2.21. The summed E-state index contributed by atoms with van der Waals surface area (Å²) < 4.78 is 32.0. The maximum absolute atomic E-state index is 12.3. The molecular weight excluding hydrogens is 392 g/mol. The molecule has 9 heteroatoms. The van der Waals surface area contributed by atoms with E-state index in [1.165, 1.54) is 31.7 Å². The van der Waals surface area contributed by atoms with Gasteiger partial charge in [-0.25, -0.2) is 8.42 Å². The third kappa shape index (κ3) is 6.31. The van der Waals surface area contributed by atoms with Crippen LogP contribution in [0.2, 0.25) is 0 Å². The highest BCUT2D eigenvalue weighted by molar-refractivity contribution is 7.98. The maximum Gasteiger partial charge on any atom is 0.241 e. The first-order valence-electron chi connectivity index (χ1n) is 7.95. The SMILES string of the molecule is COc1ccc(S(=O)(=O)N[C@@H](C)C(=O)NCCSCc2ccsc2)cc1. The van der Waals surface area contributed by atoms with E-state index >= 15 is 0 Å². The first-order chi connectivity index (χ1) is 12.4. The number of carbonyl (C=O) groups excluding carboxylic acids is 1. The van der Waals surface area contributed by atoms with Crippen LogP contribution in [0, 0.1) is 0 Å². The van der Waals surface area contributed by atoms with Crippen LogP contribution in [-0.4, -0.2) is 39.8 Å². The molecule has 2 rings (SSSR count). The van der Waals surface area contributed by atoms with Crippen LogP contribution in [0.4, 0.5) is 0 Å². The van der Waals surface area contributed by atoms with Crippen LogP contribution in [-0.2, 0) is 20.6 Å². The standard InChI is InChI=1S/C17H22N2O4S3/c1-13(17(20)18-8-10-25-12-14-7-9-24-11-14)19-26(21,22)16-5-3-15(23-2)4-6-16/h3-7,9,11,13,19H,8,10,12H2,1-2H3,(H,18,20)/t13-/m0/s1.